The lowest BCUT2D eigenvalue weighted by atomic mass is 9.90. The highest BCUT2D eigenvalue weighted by Gasteiger charge is 2.21. The van der Waals surface area contributed by atoms with Crippen LogP contribution in [0.3, 0.4) is 0 Å². The minimum Gasteiger partial charge on any atom is -0.455 e. The molecular weight excluding hydrogens is 621 g/mol. The average molecular weight is 653 g/mol. The lowest BCUT2D eigenvalue weighted by Gasteiger charge is -2.15. The molecule has 0 saturated carbocycles. The number of hydrogen-bond acceptors (Lipinski definition) is 3. The van der Waals surface area contributed by atoms with Gasteiger partial charge in [0.15, 0.2) is 5.82 Å². The third-order valence-electron chi connectivity index (χ3n) is 10.1. The van der Waals surface area contributed by atoms with Crippen molar-refractivity contribution < 1.29 is 4.42 Å². The maximum absolute atomic E-state index is 6.83. The van der Waals surface area contributed by atoms with Gasteiger partial charge in [0.25, 0.3) is 0 Å². The highest BCUT2D eigenvalue weighted by molar-refractivity contribution is 6.15. The highest BCUT2D eigenvalue weighted by atomic mass is 16.3. The molecule has 0 spiro atoms. The molecule has 1 aliphatic carbocycles. The van der Waals surface area contributed by atoms with E-state index in [1.807, 2.05) is 6.07 Å². The van der Waals surface area contributed by atoms with E-state index in [1.54, 1.807) is 0 Å². The zero-order valence-electron chi connectivity index (χ0n) is 27.9. The van der Waals surface area contributed by atoms with E-state index >= 15 is 0 Å². The first-order valence-corrected chi connectivity index (χ1v) is 17.5. The molecule has 51 heavy (non-hydrogen) atoms. The minimum atomic E-state index is 0.655. The maximum atomic E-state index is 6.83. The Labute approximate surface area is 295 Å². The van der Waals surface area contributed by atoms with Gasteiger partial charge in [-0.1, -0.05) is 140 Å². The Bertz CT molecular complexity index is 2840. The van der Waals surface area contributed by atoms with Crippen LogP contribution < -0.4 is 0 Å². The second-order valence-electron chi connectivity index (χ2n) is 13.3. The van der Waals surface area contributed by atoms with Crippen molar-refractivity contribution in [3.05, 3.63) is 176 Å². The van der Waals surface area contributed by atoms with Crippen molar-refractivity contribution >= 4 is 49.1 Å². The van der Waals surface area contributed by atoms with Gasteiger partial charge in [-0.2, -0.15) is 0 Å². The Balaban J connectivity index is 1.28. The summed E-state index contributed by atoms with van der Waals surface area (Å²) in [5.74, 6) is 0.655. The van der Waals surface area contributed by atoms with E-state index in [1.165, 1.54) is 32.9 Å². The maximum Gasteiger partial charge on any atom is 0.164 e. The number of benzene rings is 7. The van der Waals surface area contributed by atoms with Crippen LogP contribution in [0.1, 0.15) is 18.5 Å². The van der Waals surface area contributed by atoms with Crippen LogP contribution in [0.25, 0.3) is 94.0 Å². The molecule has 3 nitrogen and oxygen atoms in total. The molecule has 2 heterocycles. The predicted octanol–water partition coefficient (Wildman–Crippen LogP) is 13.1. The van der Waals surface area contributed by atoms with Crippen LogP contribution in [0.15, 0.2) is 174 Å². The summed E-state index contributed by atoms with van der Waals surface area (Å²) in [6.45, 7) is 0. The fourth-order valence-electron chi connectivity index (χ4n) is 7.61. The second kappa shape index (κ2) is 12.1. The summed E-state index contributed by atoms with van der Waals surface area (Å²) in [4.78, 5) is 10.6. The van der Waals surface area contributed by atoms with Crippen LogP contribution in [-0.2, 0) is 0 Å². The molecule has 1 aliphatic rings. The highest BCUT2D eigenvalue weighted by Crippen LogP contribution is 2.43. The number of hydrogen-bond donors (Lipinski definition) is 0. The Hall–Kier alpha value is -6.58. The molecule has 2 aromatic heterocycles. The molecule has 9 aromatic rings. The van der Waals surface area contributed by atoms with Crippen LogP contribution in [-0.4, -0.2) is 9.97 Å². The standard InChI is InChI=1S/C48H32N2O/c1-4-14-31(15-5-1)37-24-25-38(40-23-13-12-22-39(37)40)36-27-42-41-26-34-20-10-11-21-35(34)29-46(41)51-47(42)43(28-36)48-49-44(32-16-6-2-7-17-32)30-45(50-48)33-18-8-3-9-19-33/h1-8,10-18,20-30H,9,19H2. The third-order valence-corrected chi connectivity index (χ3v) is 10.1. The van der Waals surface area contributed by atoms with Crippen LogP contribution in [0, 0.1) is 0 Å². The monoisotopic (exact) mass is 652 g/mol. The molecule has 0 N–H and O–H groups in total. The molecule has 3 heteroatoms. The van der Waals surface area contributed by atoms with Crippen molar-refractivity contribution in [1.29, 1.82) is 0 Å². The van der Waals surface area contributed by atoms with E-state index in [4.69, 9.17) is 14.4 Å². The van der Waals surface area contributed by atoms with Crippen LogP contribution in [0.4, 0.5) is 0 Å². The van der Waals surface area contributed by atoms with Gasteiger partial charge in [-0.25, -0.2) is 9.97 Å². The third kappa shape index (κ3) is 5.14. The van der Waals surface area contributed by atoms with Crippen LogP contribution in [0.2, 0.25) is 0 Å². The molecule has 0 amide bonds. The Morgan fingerprint density at radius 2 is 1.12 bits per heavy atom. The summed E-state index contributed by atoms with van der Waals surface area (Å²) >= 11 is 0. The summed E-state index contributed by atoms with van der Waals surface area (Å²) < 4.78 is 6.83. The van der Waals surface area contributed by atoms with Crippen molar-refractivity contribution in [3.8, 4) is 44.9 Å². The van der Waals surface area contributed by atoms with Crippen LogP contribution >= 0.6 is 0 Å². The molecule has 0 unspecified atom stereocenters. The number of aromatic nitrogens is 2. The van der Waals surface area contributed by atoms with Gasteiger partial charge in [0.2, 0.25) is 0 Å². The largest absolute Gasteiger partial charge is 0.455 e. The number of furan rings is 1. The molecule has 240 valence electrons. The number of allylic oxidation sites excluding steroid dienone is 4. The summed E-state index contributed by atoms with van der Waals surface area (Å²) in [6, 6.07) is 53.8. The first-order valence-electron chi connectivity index (χ1n) is 17.5. The first kappa shape index (κ1) is 29.3. The molecule has 0 fully saturated rings. The molecule has 10 rings (SSSR count). The molecule has 0 aliphatic heterocycles. The topological polar surface area (TPSA) is 38.9 Å². The van der Waals surface area contributed by atoms with Gasteiger partial charge in [0.1, 0.15) is 11.2 Å². The number of fused-ring (bicyclic) bond motifs is 5. The summed E-state index contributed by atoms with van der Waals surface area (Å²) in [6.07, 6.45) is 8.46. The Kier molecular flexibility index (Phi) is 6.95. The zero-order valence-corrected chi connectivity index (χ0v) is 27.9. The van der Waals surface area contributed by atoms with Gasteiger partial charge < -0.3 is 4.42 Å². The summed E-state index contributed by atoms with van der Waals surface area (Å²) in [5.41, 5.74) is 11.3. The first-order chi connectivity index (χ1) is 25.3. The fraction of sp³-hybridized carbons (Fsp3) is 0.0417. The van der Waals surface area contributed by atoms with E-state index in [9.17, 15) is 0 Å². The van der Waals surface area contributed by atoms with E-state index < -0.39 is 0 Å². The van der Waals surface area contributed by atoms with Crippen molar-refractivity contribution in [2.75, 3.05) is 0 Å². The van der Waals surface area contributed by atoms with E-state index in [0.29, 0.717) is 5.82 Å². The summed E-state index contributed by atoms with van der Waals surface area (Å²) in [5, 5.41) is 6.87. The van der Waals surface area contributed by atoms with E-state index in [2.05, 4.69) is 164 Å². The average Bonchev–Trinajstić information content (AvgIpc) is 3.57. The fourth-order valence-corrected chi connectivity index (χ4v) is 7.61. The smallest absolute Gasteiger partial charge is 0.164 e. The Morgan fingerprint density at radius 3 is 1.84 bits per heavy atom. The predicted molar refractivity (Wildman–Crippen MR) is 212 cm³/mol. The molecule has 7 aromatic carbocycles. The molecule has 0 bridgehead atoms. The van der Waals surface area contributed by atoms with Crippen molar-refractivity contribution in [2.24, 2.45) is 0 Å². The van der Waals surface area contributed by atoms with E-state index in [-0.39, 0.29) is 0 Å². The van der Waals surface area contributed by atoms with Crippen molar-refractivity contribution in [1.82, 2.24) is 9.97 Å². The van der Waals surface area contributed by atoms with Gasteiger partial charge in [0, 0.05) is 16.3 Å². The quantitative estimate of drug-likeness (QED) is 0.186. The van der Waals surface area contributed by atoms with Crippen molar-refractivity contribution in [2.45, 2.75) is 12.8 Å². The molecule has 0 radical (unpaired) electrons. The van der Waals surface area contributed by atoms with E-state index in [0.717, 1.165) is 73.8 Å². The molecule has 0 atom stereocenters. The van der Waals surface area contributed by atoms with Gasteiger partial charge in [0.05, 0.1) is 17.0 Å². The lowest BCUT2D eigenvalue weighted by Crippen LogP contribution is -2.00. The van der Waals surface area contributed by atoms with Crippen molar-refractivity contribution in [3.63, 3.8) is 0 Å². The summed E-state index contributed by atoms with van der Waals surface area (Å²) in [7, 11) is 0. The second-order valence-corrected chi connectivity index (χ2v) is 13.3. The van der Waals surface area contributed by atoms with Gasteiger partial charge in [-0.3, -0.25) is 0 Å². The Morgan fingerprint density at radius 1 is 0.471 bits per heavy atom. The van der Waals surface area contributed by atoms with Crippen LogP contribution in [0.5, 0.6) is 0 Å². The van der Waals surface area contributed by atoms with Gasteiger partial charge in [-0.05, 0) is 92.5 Å². The van der Waals surface area contributed by atoms with Gasteiger partial charge >= 0.3 is 0 Å². The number of nitrogens with zero attached hydrogens (tertiary/aromatic N) is 2. The lowest BCUT2D eigenvalue weighted by molar-refractivity contribution is 0.670. The number of rotatable bonds is 5. The minimum absolute atomic E-state index is 0.655. The normalized spacial score (nSPS) is 13.0. The molecule has 0 saturated heterocycles. The zero-order chi connectivity index (χ0) is 33.7. The molecular formula is C48H32N2O. The SMILES string of the molecule is C1=CCCC(c2cc(-c3ccccc3)nc(-c3cc(-c4ccc(-c5ccccc5)c5ccccc45)cc4c3oc3cc5ccccc5cc34)n2)=C1. The van der Waals surface area contributed by atoms with Gasteiger partial charge in [-0.15, -0.1) is 0 Å².